The van der Waals surface area contributed by atoms with Gasteiger partial charge in [-0.05, 0) is 11.4 Å². The first-order valence-electron chi connectivity index (χ1n) is 3.97. The summed E-state index contributed by atoms with van der Waals surface area (Å²) in [6.07, 6.45) is 1.14. The van der Waals surface area contributed by atoms with E-state index in [1.807, 2.05) is 17.5 Å². The third kappa shape index (κ3) is 2.26. The van der Waals surface area contributed by atoms with Crippen molar-refractivity contribution in [1.29, 1.82) is 0 Å². The van der Waals surface area contributed by atoms with Crippen molar-refractivity contribution in [3.05, 3.63) is 40.7 Å². The van der Waals surface area contributed by atoms with Crippen molar-refractivity contribution in [2.45, 2.75) is 6.61 Å². The summed E-state index contributed by atoms with van der Waals surface area (Å²) in [5.74, 6) is -0.327. The smallest absolute Gasteiger partial charge is 0.219 e. The monoisotopic (exact) mass is 210 g/mol. The summed E-state index contributed by atoms with van der Waals surface area (Å²) in [7, 11) is 0. The van der Waals surface area contributed by atoms with Crippen LogP contribution in [0.4, 0.5) is 4.39 Å². The summed E-state index contributed by atoms with van der Waals surface area (Å²) in [5, 5.41) is 1.96. The number of halogens is 1. The first kappa shape index (κ1) is 9.08. The fourth-order valence-electron chi connectivity index (χ4n) is 0.936. The Hall–Kier alpha value is -1.49. The van der Waals surface area contributed by atoms with Crippen molar-refractivity contribution < 1.29 is 9.13 Å². The van der Waals surface area contributed by atoms with Crippen molar-refractivity contribution in [2.75, 3.05) is 0 Å². The number of ether oxygens (including phenoxy) is 1. The number of aromatic nitrogens is 2. The Morgan fingerprint density at radius 3 is 3.07 bits per heavy atom. The summed E-state index contributed by atoms with van der Waals surface area (Å²) in [5.41, 5.74) is 0. The highest BCUT2D eigenvalue weighted by Gasteiger charge is 1.99. The zero-order valence-electron chi connectivity index (χ0n) is 7.18. The van der Waals surface area contributed by atoms with Crippen LogP contribution in [0.3, 0.4) is 0 Å². The van der Waals surface area contributed by atoms with Gasteiger partial charge < -0.3 is 4.74 Å². The van der Waals surface area contributed by atoms with Gasteiger partial charge in [0.2, 0.25) is 11.8 Å². The molecule has 72 valence electrons. The van der Waals surface area contributed by atoms with Crippen LogP contribution in [0.15, 0.2) is 29.9 Å². The lowest BCUT2D eigenvalue weighted by Crippen LogP contribution is -1.96. The zero-order valence-corrected chi connectivity index (χ0v) is 8.00. The SMILES string of the molecule is Fc1cc(OCc2cccs2)ncn1. The van der Waals surface area contributed by atoms with Crippen molar-refractivity contribution in [2.24, 2.45) is 0 Å². The molecule has 0 unspecified atom stereocenters. The van der Waals surface area contributed by atoms with Gasteiger partial charge >= 0.3 is 0 Å². The summed E-state index contributed by atoms with van der Waals surface area (Å²) < 4.78 is 17.9. The number of hydrogen-bond donors (Lipinski definition) is 0. The molecule has 0 saturated carbocycles. The molecular weight excluding hydrogens is 203 g/mol. The lowest BCUT2D eigenvalue weighted by Gasteiger charge is -2.01. The topological polar surface area (TPSA) is 35.0 Å². The van der Waals surface area contributed by atoms with E-state index in [1.165, 1.54) is 0 Å². The minimum atomic E-state index is -0.582. The third-order valence-corrected chi connectivity index (χ3v) is 2.40. The van der Waals surface area contributed by atoms with E-state index in [1.54, 1.807) is 11.3 Å². The maximum Gasteiger partial charge on any atom is 0.219 e. The molecule has 0 aromatic carbocycles. The Morgan fingerprint density at radius 1 is 1.43 bits per heavy atom. The van der Waals surface area contributed by atoms with Crippen molar-refractivity contribution in [3.8, 4) is 5.88 Å². The lowest BCUT2D eigenvalue weighted by molar-refractivity contribution is 0.294. The largest absolute Gasteiger partial charge is 0.472 e. The maximum atomic E-state index is 12.6. The van der Waals surface area contributed by atoms with Gasteiger partial charge in [-0.2, -0.15) is 4.39 Å². The summed E-state index contributed by atoms with van der Waals surface area (Å²) in [6.45, 7) is 0.411. The van der Waals surface area contributed by atoms with Crippen LogP contribution < -0.4 is 4.74 Å². The fraction of sp³-hybridized carbons (Fsp3) is 0.111. The molecular formula is C9H7FN2OS. The molecule has 0 aliphatic rings. The first-order chi connectivity index (χ1) is 6.84. The minimum Gasteiger partial charge on any atom is -0.472 e. The molecule has 2 aromatic heterocycles. The molecule has 0 saturated heterocycles. The van der Waals surface area contributed by atoms with Gasteiger partial charge in [-0.1, -0.05) is 6.07 Å². The van der Waals surface area contributed by atoms with E-state index in [0.29, 0.717) is 6.61 Å². The molecule has 0 spiro atoms. The highest BCUT2D eigenvalue weighted by molar-refractivity contribution is 7.09. The second-order valence-corrected chi connectivity index (χ2v) is 3.58. The van der Waals surface area contributed by atoms with Crippen LogP contribution in [0, 0.1) is 5.95 Å². The summed E-state index contributed by atoms with van der Waals surface area (Å²) >= 11 is 1.58. The van der Waals surface area contributed by atoms with Gasteiger partial charge in [0.05, 0.1) is 6.07 Å². The van der Waals surface area contributed by atoms with Gasteiger partial charge in [0.15, 0.2) is 0 Å². The normalized spacial score (nSPS) is 10.1. The average Bonchev–Trinajstić information content (AvgIpc) is 2.67. The summed E-state index contributed by atoms with van der Waals surface area (Å²) in [6, 6.07) is 5.04. The van der Waals surface area contributed by atoms with E-state index < -0.39 is 5.95 Å². The Morgan fingerprint density at radius 2 is 2.36 bits per heavy atom. The Bertz CT molecular complexity index is 405. The third-order valence-electron chi connectivity index (χ3n) is 1.55. The van der Waals surface area contributed by atoms with Gasteiger partial charge in [0, 0.05) is 4.88 Å². The Kier molecular flexibility index (Phi) is 2.69. The predicted octanol–water partition coefficient (Wildman–Crippen LogP) is 2.26. The molecule has 0 radical (unpaired) electrons. The summed E-state index contributed by atoms with van der Waals surface area (Å²) in [4.78, 5) is 8.17. The number of thiophene rings is 1. The predicted molar refractivity (Wildman–Crippen MR) is 50.6 cm³/mol. The molecule has 0 amide bonds. The number of nitrogens with zero attached hydrogens (tertiary/aromatic N) is 2. The lowest BCUT2D eigenvalue weighted by atomic mass is 10.5. The standard InChI is InChI=1S/C9H7FN2OS/c10-8-4-9(12-6-11-8)13-5-7-2-1-3-14-7/h1-4,6H,5H2. The molecule has 3 nitrogen and oxygen atoms in total. The quantitative estimate of drug-likeness (QED) is 0.729. The molecule has 2 aromatic rings. The van der Waals surface area contributed by atoms with Gasteiger partial charge in [-0.3, -0.25) is 0 Å². The van der Waals surface area contributed by atoms with Crippen molar-refractivity contribution in [3.63, 3.8) is 0 Å². The first-order valence-corrected chi connectivity index (χ1v) is 4.85. The van der Waals surface area contributed by atoms with Gasteiger partial charge in [0.1, 0.15) is 12.9 Å². The maximum absolute atomic E-state index is 12.6. The number of rotatable bonds is 3. The highest BCUT2D eigenvalue weighted by atomic mass is 32.1. The Labute approximate surface area is 84.2 Å². The molecule has 0 atom stereocenters. The minimum absolute atomic E-state index is 0.255. The molecule has 0 N–H and O–H groups in total. The van der Waals surface area contributed by atoms with E-state index in [0.717, 1.165) is 17.3 Å². The van der Waals surface area contributed by atoms with Crippen molar-refractivity contribution >= 4 is 11.3 Å². The van der Waals surface area contributed by atoms with Crippen LogP contribution >= 0.6 is 11.3 Å². The van der Waals surface area contributed by atoms with E-state index >= 15 is 0 Å². The van der Waals surface area contributed by atoms with Crippen LogP contribution in [0.25, 0.3) is 0 Å². The van der Waals surface area contributed by atoms with E-state index in [4.69, 9.17) is 4.74 Å². The van der Waals surface area contributed by atoms with E-state index in [-0.39, 0.29) is 5.88 Å². The van der Waals surface area contributed by atoms with Crippen LogP contribution in [0.1, 0.15) is 4.88 Å². The molecule has 14 heavy (non-hydrogen) atoms. The van der Waals surface area contributed by atoms with Gasteiger partial charge in [-0.15, -0.1) is 11.3 Å². The van der Waals surface area contributed by atoms with Crippen LogP contribution in [0.2, 0.25) is 0 Å². The molecule has 2 rings (SSSR count). The van der Waals surface area contributed by atoms with Crippen LogP contribution in [-0.2, 0) is 6.61 Å². The van der Waals surface area contributed by atoms with E-state index in [2.05, 4.69) is 9.97 Å². The molecule has 0 aliphatic carbocycles. The second kappa shape index (κ2) is 4.15. The number of hydrogen-bond acceptors (Lipinski definition) is 4. The molecule has 2 heterocycles. The Balaban J connectivity index is 1.98. The van der Waals surface area contributed by atoms with E-state index in [9.17, 15) is 4.39 Å². The highest BCUT2D eigenvalue weighted by Crippen LogP contribution is 2.12. The molecule has 0 bridgehead atoms. The molecule has 5 heteroatoms. The fourth-order valence-corrected chi connectivity index (χ4v) is 1.55. The van der Waals surface area contributed by atoms with Gasteiger partial charge in [-0.25, -0.2) is 9.97 Å². The van der Waals surface area contributed by atoms with Gasteiger partial charge in [0.25, 0.3) is 0 Å². The van der Waals surface area contributed by atoms with Crippen molar-refractivity contribution in [1.82, 2.24) is 9.97 Å². The molecule has 0 aliphatic heterocycles. The zero-order chi connectivity index (χ0) is 9.80. The average molecular weight is 210 g/mol. The van der Waals surface area contributed by atoms with Crippen LogP contribution in [0.5, 0.6) is 5.88 Å². The molecule has 0 fully saturated rings. The van der Waals surface area contributed by atoms with Crippen LogP contribution in [-0.4, -0.2) is 9.97 Å². The second-order valence-electron chi connectivity index (χ2n) is 2.55.